The summed E-state index contributed by atoms with van der Waals surface area (Å²) in [5.74, 6) is 0.354. The third-order valence-corrected chi connectivity index (χ3v) is 1.03. The number of hydrogen-bond donors (Lipinski definition) is 1. The van der Waals surface area contributed by atoms with Crippen molar-refractivity contribution in [2.24, 2.45) is 0 Å². The number of aromatic nitrogens is 4. The molecule has 1 heterocycles. The van der Waals surface area contributed by atoms with E-state index in [2.05, 4.69) is 15.5 Å². The molecule has 0 radical (unpaired) electrons. The van der Waals surface area contributed by atoms with E-state index in [0.717, 1.165) is 4.68 Å². The predicted octanol–water partition coefficient (Wildman–Crippen LogP) is -0.238. The molecule has 0 fully saturated rings. The second-order valence-electron chi connectivity index (χ2n) is 1.64. The standard InChI is InChI=1S/C4H6N4O2/c1-2-3-5-6-7-8(3)4(9)10/h2H2,1H3,(H,9,10). The minimum Gasteiger partial charge on any atom is -0.463 e. The molecule has 0 bridgehead atoms. The zero-order valence-corrected chi connectivity index (χ0v) is 5.35. The van der Waals surface area contributed by atoms with Crippen LogP contribution < -0.4 is 0 Å². The quantitative estimate of drug-likeness (QED) is 0.547. The van der Waals surface area contributed by atoms with E-state index in [1.54, 1.807) is 6.92 Å². The van der Waals surface area contributed by atoms with Crippen molar-refractivity contribution in [1.82, 2.24) is 20.2 Å². The Bertz CT molecular complexity index is 243. The Morgan fingerprint density at radius 1 is 1.80 bits per heavy atom. The summed E-state index contributed by atoms with van der Waals surface area (Å²) in [6.45, 7) is 1.78. The second kappa shape index (κ2) is 2.42. The van der Waals surface area contributed by atoms with Gasteiger partial charge >= 0.3 is 6.09 Å². The molecular weight excluding hydrogens is 136 g/mol. The molecule has 0 amide bonds. The monoisotopic (exact) mass is 142 g/mol. The largest absolute Gasteiger partial charge is 0.463 e. The molecule has 0 spiro atoms. The van der Waals surface area contributed by atoms with Crippen LogP contribution in [-0.2, 0) is 6.42 Å². The first kappa shape index (κ1) is 6.66. The van der Waals surface area contributed by atoms with Gasteiger partial charge in [-0.2, -0.15) is 0 Å². The van der Waals surface area contributed by atoms with E-state index < -0.39 is 6.09 Å². The van der Waals surface area contributed by atoms with Gasteiger partial charge in [-0.1, -0.05) is 6.92 Å². The van der Waals surface area contributed by atoms with Gasteiger partial charge in [-0.25, -0.2) is 4.79 Å². The second-order valence-corrected chi connectivity index (χ2v) is 1.64. The molecule has 0 aromatic carbocycles. The van der Waals surface area contributed by atoms with Crippen LogP contribution in [0.5, 0.6) is 0 Å². The molecule has 10 heavy (non-hydrogen) atoms. The van der Waals surface area contributed by atoms with Gasteiger partial charge in [0.2, 0.25) is 0 Å². The first-order valence-electron chi connectivity index (χ1n) is 2.76. The molecule has 0 unspecified atom stereocenters. The number of tetrazole rings is 1. The van der Waals surface area contributed by atoms with E-state index >= 15 is 0 Å². The van der Waals surface area contributed by atoms with Gasteiger partial charge in [0, 0.05) is 6.42 Å². The lowest BCUT2D eigenvalue weighted by Gasteiger charge is -1.91. The number of nitrogens with zero attached hydrogens (tertiary/aromatic N) is 4. The van der Waals surface area contributed by atoms with Crippen molar-refractivity contribution >= 4 is 6.09 Å². The van der Waals surface area contributed by atoms with E-state index in [0.29, 0.717) is 12.2 Å². The third-order valence-electron chi connectivity index (χ3n) is 1.03. The molecule has 54 valence electrons. The summed E-state index contributed by atoms with van der Waals surface area (Å²) >= 11 is 0. The molecule has 6 heteroatoms. The van der Waals surface area contributed by atoms with Crippen LogP contribution in [0.15, 0.2) is 0 Å². The van der Waals surface area contributed by atoms with E-state index in [9.17, 15) is 4.79 Å². The zero-order valence-electron chi connectivity index (χ0n) is 5.35. The molecule has 1 aromatic heterocycles. The first-order chi connectivity index (χ1) is 4.75. The molecule has 0 saturated heterocycles. The third kappa shape index (κ3) is 0.949. The lowest BCUT2D eigenvalue weighted by atomic mass is 10.5. The highest BCUT2D eigenvalue weighted by molar-refractivity contribution is 5.66. The van der Waals surface area contributed by atoms with Crippen molar-refractivity contribution in [3.63, 3.8) is 0 Å². The highest BCUT2D eigenvalue weighted by Gasteiger charge is 2.08. The fraction of sp³-hybridized carbons (Fsp3) is 0.500. The van der Waals surface area contributed by atoms with Crippen molar-refractivity contribution in [1.29, 1.82) is 0 Å². The first-order valence-corrected chi connectivity index (χ1v) is 2.76. The normalized spacial score (nSPS) is 9.70. The van der Waals surface area contributed by atoms with Crippen molar-refractivity contribution in [3.05, 3.63) is 5.82 Å². The smallest absolute Gasteiger partial charge is 0.435 e. The average molecular weight is 142 g/mol. The molecule has 0 saturated carbocycles. The molecule has 0 aliphatic carbocycles. The average Bonchev–Trinajstić information content (AvgIpc) is 2.33. The van der Waals surface area contributed by atoms with Crippen LogP contribution in [0.25, 0.3) is 0 Å². The molecule has 1 N–H and O–H groups in total. The van der Waals surface area contributed by atoms with E-state index in [-0.39, 0.29) is 0 Å². The summed E-state index contributed by atoms with van der Waals surface area (Å²) in [6.07, 6.45) is -0.638. The van der Waals surface area contributed by atoms with Crippen LogP contribution in [0.2, 0.25) is 0 Å². The Morgan fingerprint density at radius 2 is 2.50 bits per heavy atom. The lowest BCUT2D eigenvalue weighted by Crippen LogP contribution is -2.13. The summed E-state index contributed by atoms with van der Waals surface area (Å²) in [5, 5.41) is 18.3. The van der Waals surface area contributed by atoms with Crippen LogP contribution in [0.4, 0.5) is 4.79 Å². The minimum atomic E-state index is -1.15. The van der Waals surface area contributed by atoms with E-state index in [4.69, 9.17) is 5.11 Å². The summed E-state index contributed by atoms with van der Waals surface area (Å²) in [4.78, 5) is 10.3. The van der Waals surface area contributed by atoms with Gasteiger partial charge in [-0.15, -0.1) is 9.78 Å². The number of carbonyl (C=O) groups is 1. The number of aryl methyl sites for hydroxylation is 1. The highest BCUT2D eigenvalue weighted by Crippen LogP contribution is 1.90. The maximum absolute atomic E-state index is 10.3. The summed E-state index contributed by atoms with van der Waals surface area (Å²) in [6, 6.07) is 0. The van der Waals surface area contributed by atoms with Gasteiger partial charge in [0.25, 0.3) is 0 Å². The summed E-state index contributed by atoms with van der Waals surface area (Å²) in [5.41, 5.74) is 0. The predicted molar refractivity (Wildman–Crippen MR) is 30.6 cm³/mol. The Kier molecular flexibility index (Phi) is 1.61. The number of hydrogen-bond acceptors (Lipinski definition) is 4. The summed E-state index contributed by atoms with van der Waals surface area (Å²) in [7, 11) is 0. The van der Waals surface area contributed by atoms with Gasteiger partial charge in [-0.3, -0.25) is 0 Å². The van der Waals surface area contributed by atoms with E-state index in [1.807, 2.05) is 0 Å². The van der Waals surface area contributed by atoms with Crippen molar-refractivity contribution in [2.75, 3.05) is 0 Å². The van der Waals surface area contributed by atoms with Crippen LogP contribution >= 0.6 is 0 Å². The SMILES string of the molecule is CCc1nnnn1C(=O)O. The fourth-order valence-corrected chi connectivity index (χ4v) is 0.575. The van der Waals surface area contributed by atoms with Gasteiger partial charge in [0.1, 0.15) is 0 Å². The van der Waals surface area contributed by atoms with Crippen molar-refractivity contribution < 1.29 is 9.90 Å². The van der Waals surface area contributed by atoms with Crippen LogP contribution in [0, 0.1) is 0 Å². The van der Waals surface area contributed by atoms with Crippen LogP contribution in [0.1, 0.15) is 12.7 Å². The molecule has 0 aliphatic rings. The Labute approximate surface area is 56.5 Å². The van der Waals surface area contributed by atoms with Gasteiger partial charge in [0.05, 0.1) is 0 Å². The zero-order chi connectivity index (χ0) is 7.56. The van der Waals surface area contributed by atoms with Crippen molar-refractivity contribution in [2.45, 2.75) is 13.3 Å². The van der Waals surface area contributed by atoms with E-state index in [1.165, 1.54) is 0 Å². The maximum Gasteiger partial charge on any atom is 0.435 e. The van der Waals surface area contributed by atoms with Gasteiger partial charge in [-0.05, 0) is 10.4 Å². The van der Waals surface area contributed by atoms with Gasteiger partial charge < -0.3 is 5.11 Å². The Balaban J connectivity index is 3.01. The Hall–Kier alpha value is -1.46. The lowest BCUT2D eigenvalue weighted by molar-refractivity contribution is 0.191. The fourth-order valence-electron chi connectivity index (χ4n) is 0.575. The molecule has 6 nitrogen and oxygen atoms in total. The molecule has 1 aromatic rings. The number of rotatable bonds is 1. The minimum absolute atomic E-state index is 0.354. The van der Waals surface area contributed by atoms with Gasteiger partial charge in [0.15, 0.2) is 5.82 Å². The Morgan fingerprint density at radius 3 is 2.90 bits per heavy atom. The van der Waals surface area contributed by atoms with Crippen LogP contribution in [0.3, 0.4) is 0 Å². The highest BCUT2D eigenvalue weighted by atomic mass is 16.4. The molecular formula is C4H6N4O2. The van der Waals surface area contributed by atoms with Crippen molar-refractivity contribution in [3.8, 4) is 0 Å². The topological polar surface area (TPSA) is 80.9 Å². The summed E-state index contributed by atoms with van der Waals surface area (Å²) < 4.78 is 0.750. The maximum atomic E-state index is 10.3. The van der Waals surface area contributed by atoms with Crippen LogP contribution in [-0.4, -0.2) is 31.4 Å². The molecule has 1 rings (SSSR count). The number of carboxylic acid groups (broad SMARTS) is 1. The molecule has 0 aliphatic heterocycles. The molecule has 0 atom stereocenters.